The minimum absolute atomic E-state index is 0.229. The van der Waals surface area contributed by atoms with Crippen LogP contribution in [0.3, 0.4) is 0 Å². The quantitative estimate of drug-likeness (QED) is 0.755. The maximum atomic E-state index is 11.3. The lowest BCUT2D eigenvalue weighted by molar-refractivity contribution is -0.144. The van der Waals surface area contributed by atoms with E-state index >= 15 is 0 Å². The van der Waals surface area contributed by atoms with Gasteiger partial charge in [0.25, 0.3) is 0 Å². The van der Waals surface area contributed by atoms with Gasteiger partial charge in [0.05, 0.1) is 6.04 Å². The molecule has 1 heterocycles. The van der Waals surface area contributed by atoms with Crippen LogP contribution in [0.2, 0.25) is 0 Å². The molecule has 96 valence electrons. The second kappa shape index (κ2) is 4.64. The van der Waals surface area contributed by atoms with Crippen molar-refractivity contribution in [1.29, 1.82) is 0 Å². The molecule has 2 aliphatic rings. The standard InChI is InChI=1S/C12H20N2O3/c1-7(11(13)15)14-9-5-3-2-4-8(9)6-10(14)12(16)17/h7-10H,2-6H2,1H3,(H2,13,15)(H,16,17). The first-order chi connectivity index (χ1) is 8.02. The Kier molecular flexibility index (Phi) is 3.38. The molecule has 3 N–H and O–H groups in total. The third-order valence-corrected chi connectivity index (χ3v) is 4.28. The SMILES string of the molecule is CC(C(N)=O)N1C(C(=O)O)CC2CCCCC21. The van der Waals surface area contributed by atoms with Crippen LogP contribution in [0.5, 0.6) is 0 Å². The maximum absolute atomic E-state index is 11.3. The fourth-order valence-electron chi connectivity index (χ4n) is 3.43. The maximum Gasteiger partial charge on any atom is 0.320 e. The topological polar surface area (TPSA) is 83.6 Å². The van der Waals surface area contributed by atoms with E-state index in [0.717, 1.165) is 19.3 Å². The summed E-state index contributed by atoms with van der Waals surface area (Å²) in [4.78, 5) is 24.4. The van der Waals surface area contributed by atoms with Crippen LogP contribution in [0.15, 0.2) is 0 Å². The number of rotatable bonds is 3. The molecule has 5 nitrogen and oxygen atoms in total. The lowest BCUT2D eigenvalue weighted by Crippen LogP contribution is -2.52. The van der Waals surface area contributed by atoms with Gasteiger partial charge in [0.2, 0.25) is 5.91 Å². The third-order valence-electron chi connectivity index (χ3n) is 4.28. The molecule has 0 radical (unpaired) electrons. The Balaban J connectivity index is 2.23. The molecule has 0 spiro atoms. The second-order valence-electron chi connectivity index (χ2n) is 5.23. The number of primary amides is 1. The second-order valence-corrected chi connectivity index (χ2v) is 5.23. The summed E-state index contributed by atoms with van der Waals surface area (Å²) < 4.78 is 0. The molecular weight excluding hydrogens is 220 g/mol. The van der Waals surface area contributed by atoms with Crippen LogP contribution in [-0.4, -0.2) is 40.0 Å². The molecule has 1 aliphatic heterocycles. The van der Waals surface area contributed by atoms with E-state index in [-0.39, 0.29) is 6.04 Å². The van der Waals surface area contributed by atoms with E-state index in [1.54, 1.807) is 6.92 Å². The zero-order valence-corrected chi connectivity index (χ0v) is 10.1. The molecule has 2 fully saturated rings. The number of hydrogen-bond acceptors (Lipinski definition) is 3. The Labute approximate surface area is 101 Å². The first-order valence-corrected chi connectivity index (χ1v) is 6.32. The third kappa shape index (κ3) is 2.16. The summed E-state index contributed by atoms with van der Waals surface area (Å²) in [7, 11) is 0. The van der Waals surface area contributed by atoms with E-state index in [1.165, 1.54) is 6.42 Å². The highest BCUT2D eigenvalue weighted by Gasteiger charge is 2.47. The number of carbonyl (C=O) groups excluding carboxylic acids is 1. The zero-order chi connectivity index (χ0) is 12.6. The molecule has 1 aliphatic carbocycles. The monoisotopic (exact) mass is 240 g/mol. The summed E-state index contributed by atoms with van der Waals surface area (Å²) in [6, 6.07) is -0.790. The molecule has 4 unspecified atom stereocenters. The molecule has 0 aromatic heterocycles. The molecule has 17 heavy (non-hydrogen) atoms. The molecule has 5 heteroatoms. The summed E-state index contributed by atoms with van der Waals surface area (Å²) in [5, 5.41) is 9.27. The van der Waals surface area contributed by atoms with Crippen LogP contribution in [0, 0.1) is 5.92 Å². The van der Waals surface area contributed by atoms with Crippen LogP contribution in [0.25, 0.3) is 0 Å². The normalized spacial score (nSPS) is 35.2. The average molecular weight is 240 g/mol. The van der Waals surface area contributed by atoms with Gasteiger partial charge < -0.3 is 10.8 Å². The van der Waals surface area contributed by atoms with Crippen molar-refractivity contribution in [2.24, 2.45) is 11.7 Å². The highest BCUT2D eigenvalue weighted by molar-refractivity contribution is 5.81. The summed E-state index contributed by atoms with van der Waals surface area (Å²) in [6.07, 6.45) is 5.03. The number of nitrogens with zero attached hydrogens (tertiary/aromatic N) is 1. The van der Waals surface area contributed by atoms with Crippen molar-refractivity contribution < 1.29 is 14.7 Å². The number of carboxylic acid groups (broad SMARTS) is 1. The van der Waals surface area contributed by atoms with Gasteiger partial charge in [-0.1, -0.05) is 12.8 Å². The predicted octanol–water partition coefficient (Wildman–Crippen LogP) is 0.578. The lowest BCUT2D eigenvalue weighted by Gasteiger charge is -2.35. The number of likely N-dealkylation sites (tertiary alicyclic amines) is 1. The number of aliphatic carboxylic acids is 1. The summed E-state index contributed by atoms with van der Waals surface area (Å²) in [6.45, 7) is 1.72. The van der Waals surface area contributed by atoms with Crippen molar-refractivity contribution >= 4 is 11.9 Å². The van der Waals surface area contributed by atoms with Gasteiger partial charge >= 0.3 is 5.97 Å². The van der Waals surface area contributed by atoms with Crippen molar-refractivity contribution in [1.82, 2.24) is 4.90 Å². The Morgan fingerprint density at radius 1 is 1.35 bits per heavy atom. The number of hydrogen-bond donors (Lipinski definition) is 2. The van der Waals surface area contributed by atoms with Gasteiger partial charge in [-0.15, -0.1) is 0 Å². The zero-order valence-electron chi connectivity index (χ0n) is 10.1. The Morgan fingerprint density at radius 3 is 2.59 bits per heavy atom. The van der Waals surface area contributed by atoms with Gasteiger partial charge in [-0.2, -0.15) is 0 Å². The van der Waals surface area contributed by atoms with E-state index in [9.17, 15) is 14.7 Å². The highest BCUT2D eigenvalue weighted by atomic mass is 16.4. The fourth-order valence-corrected chi connectivity index (χ4v) is 3.43. The molecule has 1 saturated carbocycles. The van der Waals surface area contributed by atoms with Crippen LogP contribution < -0.4 is 5.73 Å². The van der Waals surface area contributed by atoms with E-state index in [1.807, 2.05) is 4.90 Å². The molecule has 2 rings (SSSR count). The van der Waals surface area contributed by atoms with Gasteiger partial charge in [-0.05, 0) is 32.1 Å². The molecule has 1 amide bonds. The minimum Gasteiger partial charge on any atom is -0.480 e. The largest absolute Gasteiger partial charge is 0.480 e. The van der Waals surface area contributed by atoms with Gasteiger partial charge in [-0.3, -0.25) is 14.5 Å². The minimum atomic E-state index is -0.826. The van der Waals surface area contributed by atoms with Gasteiger partial charge in [-0.25, -0.2) is 0 Å². The van der Waals surface area contributed by atoms with Crippen LogP contribution in [0.1, 0.15) is 39.0 Å². The van der Waals surface area contributed by atoms with Crippen molar-refractivity contribution in [2.75, 3.05) is 0 Å². The Morgan fingerprint density at radius 2 is 2.00 bits per heavy atom. The molecule has 1 saturated heterocycles. The smallest absolute Gasteiger partial charge is 0.320 e. The van der Waals surface area contributed by atoms with Gasteiger partial charge in [0.15, 0.2) is 0 Å². The highest BCUT2D eigenvalue weighted by Crippen LogP contribution is 2.40. The van der Waals surface area contributed by atoms with E-state index in [2.05, 4.69) is 0 Å². The van der Waals surface area contributed by atoms with Crippen LogP contribution in [-0.2, 0) is 9.59 Å². The van der Waals surface area contributed by atoms with Crippen molar-refractivity contribution in [3.63, 3.8) is 0 Å². The van der Waals surface area contributed by atoms with Crippen molar-refractivity contribution in [3.05, 3.63) is 0 Å². The lowest BCUT2D eigenvalue weighted by atomic mass is 9.84. The molecule has 0 aromatic carbocycles. The van der Waals surface area contributed by atoms with Crippen LogP contribution in [0.4, 0.5) is 0 Å². The summed E-state index contributed by atoms with van der Waals surface area (Å²) in [5.74, 6) is -0.832. The number of carbonyl (C=O) groups is 2. The number of fused-ring (bicyclic) bond motifs is 1. The Hall–Kier alpha value is -1.10. The van der Waals surface area contributed by atoms with E-state index < -0.39 is 24.0 Å². The molecule has 0 bridgehead atoms. The average Bonchev–Trinajstić information content (AvgIpc) is 2.67. The van der Waals surface area contributed by atoms with Gasteiger partial charge in [0, 0.05) is 6.04 Å². The summed E-state index contributed by atoms with van der Waals surface area (Å²) in [5.41, 5.74) is 5.33. The molecular formula is C12H20N2O3. The summed E-state index contributed by atoms with van der Waals surface area (Å²) >= 11 is 0. The van der Waals surface area contributed by atoms with Crippen molar-refractivity contribution in [2.45, 2.75) is 57.2 Å². The molecule has 0 aromatic rings. The van der Waals surface area contributed by atoms with Crippen LogP contribution >= 0.6 is 0 Å². The van der Waals surface area contributed by atoms with E-state index in [0.29, 0.717) is 12.3 Å². The molecule has 4 atom stereocenters. The number of nitrogens with two attached hydrogens (primary N) is 1. The fraction of sp³-hybridized carbons (Fsp3) is 0.833. The first kappa shape index (κ1) is 12.4. The first-order valence-electron chi connectivity index (χ1n) is 6.32. The predicted molar refractivity (Wildman–Crippen MR) is 62.3 cm³/mol. The Bertz CT molecular complexity index is 332. The van der Waals surface area contributed by atoms with Crippen molar-refractivity contribution in [3.8, 4) is 0 Å². The number of amides is 1. The van der Waals surface area contributed by atoms with E-state index in [4.69, 9.17) is 5.73 Å². The number of carboxylic acids is 1. The van der Waals surface area contributed by atoms with Gasteiger partial charge in [0.1, 0.15) is 6.04 Å².